The second-order valence-electron chi connectivity index (χ2n) is 7.16. The molecule has 0 aliphatic carbocycles. The van der Waals surface area contributed by atoms with Gasteiger partial charge in [-0.1, -0.05) is 24.3 Å². The average Bonchev–Trinajstić information content (AvgIpc) is 2.88. The Morgan fingerprint density at radius 2 is 1.41 bits per heavy atom. The molecule has 0 amide bonds. The van der Waals surface area contributed by atoms with Crippen LogP contribution in [0.15, 0.2) is 24.3 Å². The molecule has 0 fully saturated rings. The number of carbonyl (C=O) groups excluding carboxylic acids is 1. The van der Waals surface area contributed by atoms with Crippen LogP contribution in [-0.2, 0) is 50.0 Å². The number of rotatable bonds is 17. The third kappa shape index (κ3) is 10.6. The Labute approximate surface area is 203 Å². The third-order valence-corrected chi connectivity index (χ3v) is 7.89. The molecule has 0 saturated heterocycles. The molecular weight excluding hydrogens is 460 g/mol. The van der Waals surface area contributed by atoms with Crippen LogP contribution in [0.3, 0.4) is 0 Å². The van der Waals surface area contributed by atoms with E-state index in [9.17, 15) is 4.79 Å². The van der Waals surface area contributed by atoms with Gasteiger partial charge >= 0.3 is 20.7 Å². The fourth-order valence-corrected chi connectivity index (χ4v) is 4.71. The molecule has 0 spiro atoms. The zero-order valence-electron chi connectivity index (χ0n) is 21.0. The van der Waals surface area contributed by atoms with Gasteiger partial charge in [0.1, 0.15) is 6.11 Å². The number of carbonyl (C=O) groups is 1. The Bertz CT molecular complexity index is 742. The fraction of sp³-hybridized carbons (Fsp3) is 0.609. The Hall–Kier alpha value is -1.85. The zero-order chi connectivity index (χ0) is 25.3. The molecule has 10 nitrogen and oxygen atoms in total. The maximum absolute atomic E-state index is 11.7. The predicted octanol–water partition coefficient (Wildman–Crippen LogP) is 1.27. The van der Waals surface area contributed by atoms with Crippen molar-refractivity contribution in [1.29, 1.82) is 0 Å². The van der Waals surface area contributed by atoms with Crippen LogP contribution < -0.4 is 10.6 Å². The van der Waals surface area contributed by atoms with Crippen LogP contribution in [0.2, 0.25) is 6.04 Å². The summed E-state index contributed by atoms with van der Waals surface area (Å²) in [5, 5.41) is 6.55. The highest BCUT2D eigenvalue weighted by atomic mass is 28.4. The normalized spacial score (nSPS) is 11.7. The lowest BCUT2D eigenvalue weighted by Crippen LogP contribution is -2.43. The Balaban J connectivity index is 2.20. The average molecular weight is 499 g/mol. The van der Waals surface area contributed by atoms with E-state index in [1.807, 2.05) is 0 Å². The summed E-state index contributed by atoms with van der Waals surface area (Å²) >= 11 is 0. The summed E-state index contributed by atoms with van der Waals surface area (Å²) < 4.78 is 36.2. The number of aryl methyl sites for hydroxylation is 1. The smallest absolute Gasteiger partial charge is 0.377 e. The van der Waals surface area contributed by atoms with Crippen molar-refractivity contribution in [2.75, 3.05) is 62.3 Å². The zero-order valence-corrected chi connectivity index (χ0v) is 22.0. The third-order valence-electron chi connectivity index (χ3n) is 5.16. The standard InChI is InChI=1S/C23H38N2O8Si/c1-27-23(28-2,29-3)13-17-33-22(26)11-14-24-15-16-25-19-21-9-7-20(8-10-21)12-18-34(30-4,31-5)32-6/h7-10,24-25H,11-12,14-16,18-19H2,1-6H3. The van der Waals surface area contributed by atoms with E-state index >= 15 is 0 Å². The molecule has 34 heavy (non-hydrogen) atoms. The van der Waals surface area contributed by atoms with Crippen molar-refractivity contribution in [3.05, 3.63) is 35.4 Å². The summed E-state index contributed by atoms with van der Waals surface area (Å²) in [5.74, 6) is 0.469. The van der Waals surface area contributed by atoms with E-state index in [4.69, 9.17) is 32.2 Å². The Morgan fingerprint density at radius 1 is 0.853 bits per heavy atom. The first-order valence-electron chi connectivity index (χ1n) is 10.9. The van der Waals surface area contributed by atoms with Gasteiger partial charge in [-0.05, 0) is 17.5 Å². The van der Waals surface area contributed by atoms with Crippen molar-refractivity contribution >= 4 is 14.8 Å². The largest absolute Gasteiger partial charge is 0.500 e. The summed E-state index contributed by atoms with van der Waals surface area (Å²) in [5.41, 5.74) is 2.40. The number of benzene rings is 1. The molecule has 2 N–H and O–H groups in total. The minimum Gasteiger partial charge on any atom is -0.377 e. The van der Waals surface area contributed by atoms with Crippen LogP contribution in [0, 0.1) is 12.0 Å². The lowest BCUT2D eigenvalue weighted by molar-refractivity contribution is -0.311. The summed E-state index contributed by atoms with van der Waals surface area (Å²) in [7, 11) is 6.45. The molecule has 1 aromatic rings. The van der Waals surface area contributed by atoms with E-state index in [0.29, 0.717) is 6.54 Å². The van der Waals surface area contributed by atoms with Gasteiger partial charge in [0.25, 0.3) is 0 Å². The quantitative estimate of drug-likeness (QED) is 0.107. The summed E-state index contributed by atoms with van der Waals surface area (Å²) in [6, 6.07) is 9.16. The van der Waals surface area contributed by atoms with Crippen molar-refractivity contribution in [2.45, 2.75) is 31.4 Å². The van der Waals surface area contributed by atoms with Crippen LogP contribution in [0.4, 0.5) is 0 Å². The molecule has 0 radical (unpaired) electrons. The first kappa shape index (κ1) is 30.2. The maximum atomic E-state index is 11.7. The van der Waals surface area contributed by atoms with Gasteiger partial charge in [-0.25, -0.2) is 0 Å². The van der Waals surface area contributed by atoms with Crippen LogP contribution in [0.25, 0.3) is 0 Å². The summed E-state index contributed by atoms with van der Waals surface area (Å²) in [6.45, 7) is 2.72. The van der Waals surface area contributed by atoms with Gasteiger partial charge in [0.05, 0.1) is 6.42 Å². The number of nitrogens with one attached hydrogen (secondary N) is 2. The number of ether oxygens (including phenoxy) is 4. The molecule has 0 unspecified atom stereocenters. The minimum absolute atomic E-state index is 0.190. The molecular formula is C23H38N2O8Si. The van der Waals surface area contributed by atoms with Crippen LogP contribution >= 0.6 is 0 Å². The Morgan fingerprint density at radius 3 is 1.97 bits per heavy atom. The molecule has 0 bridgehead atoms. The van der Waals surface area contributed by atoms with Gasteiger partial charge in [-0.3, -0.25) is 4.79 Å². The number of methoxy groups -OCH3 is 3. The number of hydrogen-bond acceptors (Lipinski definition) is 10. The second-order valence-corrected chi connectivity index (χ2v) is 10.2. The maximum Gasteiger partial charge on any atom is 0.500 e. The Kier molecular flexibility index (Phi) is 14.8. The SMILES string of the molecule is COC(C#COC(=O)CCNCCNCc1ccc(CC[Si](OC)(OC)OC)cc1)(OC)OC. The molecule has 0 saturated carbocycles. The highest BCUT2D eigenvalue weighted by Gasteiger charge is 2.37. The summed E-state index contributed by atoms with van der Waals surface area (Å²) in [4.78, 5) is 11.7. The first-order valence-corrected chi connectivity index (χ1v) is 12.9. The van der Waals surface area contributed by atoms with Gasteiger partial charge < -0.3 is 42.9 Å². The van der Waals surface area contributed by atoms with E-state index in [1.54, 1.807) is 21.3 Å². The summed E-state index contributed by atoms with van der Waals surface area (Å²) in [6.07, 6.45) is 3.28. The van der Waals surface area contributed by atoms with E-state index in [-0.39, 0.29) is 6.42 Å². The number of esters is 1. The highest BCUT2D eigenvalue weighted by Crippen LogP contribution is 2.17. The highest BCUT2D eigenvalue weighted by molar-refractivity contribution is 6.60. The van der Waals surface area contributed by atoms with Crippen molar-refractivity contribution in [2.24, 2.45) is 0 Å². The molecule has 192 valence electrons. The molecule has 11 heteroatoms. The van der Waals surface area contributed by atoms with Crippen molar-refractivity contribution < 1.29 is 37.0 Å². The lowest BCUT2D eigenvalue weighted by atomic mass is 10.1. The van der Waals surface area contributed by atoms with E-state index in [0.717, 1.165) is 32.1 Å². The fourth-order valence-electron chi connectivity index (χ4n) is 3.00. The van der Waals surface area contributed by atoms with Gasteiger partial charge in [0.15, 0.2) is 0 Å². The molecule has 0 atom stereocenters. The van der Waals surface area contributed by atoms with Gasteiger partial charge in [0, 0.05) is 80.8 Å². The van der Waals surface area contributed by atoms with Crippen LogP contribution in [0.5, 0.6) is 0 Å². The number of hydrogen-bond donors (Lipinski definition) is 2. The van der Waals surface area contributed by atoms with Crippen molar-refractivity contribution in [3.8, 4) is 12.0 Å². The molecule has 0 heterocycles. The monoisotopic (exact) mass is 498 g/mol. The van der Waals surface area contributed by atoms with E-state index in [2.05, 4.69) is 46.9 Å². The molecule has 1 aromatic carbocycles. The molecule has 1 rings (SSSR count). The second kappa shape index (κ2) is 16.7. The van der Waals surface area contributed by atoms with Gasteiger partial charge in [-0.15, -0.1) is 0 Å². The molecule has 0 aliphatic rings. The molecule has 0 aromatic heterocycles. The topological polar surface area (TPSA) is 106 Å². The van der Waals surface area contributed by atoms with Crippen LogP contribution in [0.1, 0.15) is 17.5 Å². The van der Waals surface area contributed by atoms with Gasteiger partial charge in [-0.2, -0.15) is 0 Å². The van der Waals surface area contributed by atoms with Crippen molar-refractivity contribution in [3.63, 3.8) is 0 Å². The van der Waals surface area contributed by atoms with Crippen molar-refractivity contribution in [1.82, 2.24) is 10.6 Å². The van der Waals surface area contributed by atoms with E-state index in [1.165, 1.54) is 32.5 Å². The van der Waals surface area contributed by atoms with E-state index < -0.39 is 20.7 Å². The first-order chi connectivity index (χ1) is 16.4. The van der Waals surface area contributed by atoms with Gasteiger partial charge in [0.2, 0.25) is 0 Å². The molecule has 0 aliphatic heterocycles. The predicted molar refractivity (Wildman–Crippen MR) is 129 cm³/mol. The lowest BCUT2D eigenvalue weighted by Gasteiger charge is -2.24. The minimum atomic E-state index is -2.55. The van der Waals surface area contributed by atoms with Crippen LogP contribution in [-0.4, -0.2) is 83.0 Å².